The minimum atomic E-state index is -2.64. The normalized spacial score (nSPS) is 18.9. The van der Waals surface area contributed by atoms with E-state index >= 15 is 0 Å². The van der Waals surface area contributed by atoms with E-state index in [1.807, 2.05) is 13.8 Å². The summed E-state index contributed by atoms with van der Waals surface area (Å²) in [6, 6.07) is 21.2. The largest absolute Gasteiger partial charge is 0.407 e. The van der Waals surface area contributed by atoms with Crippen LogP contribution in [0.15, 0.2) is 60.7 Å². The Hall–Kier alpha value is -1.50. The molecule has 1 saturated heterocycles. The van der Waals surface area contributed by atoms with E-state index in [-0.39, 0.29) is 17.1 Å². The van der Waals surface area contributed by atoms with Crippen molar-refractivity contribution in [1.82, 2.24) is 0 Å². The molecule has 0 amide bonds. The van der Waals surface area contributed by atoms with Gasteiger partial charge in [0.1, 0.15) is 0 Å². The Morgan fingerprint density at radius 2 is 1.37 bits per heavy atom. The van der Waals surface area contributed by atoms with Crippen molar-refractivity contribution in [2.45, 2.75) is 51.9 Å². The molecule has 1 aliphatic rings. The van der Waals surface area contributed by atoms with Crippen LogP contribution in [0, 0.1) is 5.41 Å². The minimum Gasteiger partial charge on any atom is -0.407 e. The summed E-state index contributed by atoms with van der Waals surface area (Å²) in [5.41, 5.74) is -0.364. The van der Waals surface area contributed by atoms with E-state index < -0.39 is 14.1 Å². The van der Waals surface area contributed by atoms with Gasteiger partial charge in [0.05, 0.1) is 13.2 Å². The van der Waals surface area contributed by atoms with Gasteiger partial charge >= 0.3 is 0 Å². The summed E-state index contributed by atoms with van der Waals surface area (Å²) in [5.74, 6) is -0.601. The zero-order chi connectivity index (χ0) is 21.9. The van der Waals surface area contributed by atoms with Crippen molar-refractivity contribution in [3.63, 3.8) is 0 Å². The molecule has 2 aromatic rings. The van der Waals surface area contributed by atoms with Gasteiger partial charge in [-0.15, -0.1) is 0 Å². The third-order valence-electron chi connectivity index (χ3n) is 6.11. The minimum absolute atomic E-state index is 0.0806. The second-order valence-electron chi connectivity index (χ2n) is 9.90. The number of aliphatic hydroxyl groups excluding tert-OH is 1. The molecule has 0 bridgehead atoms. The highest BCUT2D eigenvalue weighted by molar-refractivity contribution is 6.99. The molecule has 2 aromatic carbocycles. The van der Waals surface area contributed by atoms with E-state index in [1.54, 1.807) is 0 Å². The third kappa shape index (κ3) is 4.71. The first-order chi connectivity index (χ1) is 14.1. The van der Waals surface area contributed by atoms with E-state index in [0.29, 0.717) is 26.2 Å². The zero-order valence-electron chi connectivity index (χ0n) is 19.0. The molecule has 1 aliphatic heterocycles. The Morgan fingerprint density at radius 3 is 1.77 bits per heavy atom. The van der Waals surface area contributed by atoms with Crippen LogP contribution in [0.3, 0.4) is 0 Å². The molecule has 1 heterocycles. The van der Waals surface area contributed by atoms with Crippen molar-refractivity contribution in [3.8, 4) is 0 Å². The van der Waals surface area contributed by atoms with E-state index in [2.05, 4.69) is 81.4 Å². The molecule has 30 heavy (non-hydrogen) atoms. The fourth-order valence-corrected chi connectivity index (χ4v) is 8.98. The predicted octanol–water partition coefficient (Wildman–Crippen LogP) is 3.71. The average molecular weight is 429 g/mol. The smallest absolute Gasteiger partial charge is 0.261 e. The zero-order valence-corrected chi connectivity index (χ0v) is 20.0. The Morgan fingerprint density at radius 1 is 0.900 bits per heavy atom. The van der Waals surface area contributed by atoms with E-state index in [0.717, 1.165) is 0 Å². The summed E-state index contributed by atoms with van der Waals surface area (Å²) in [6.07, 6.45) is 0.585. The van der Waals surface area contributed by atoms with Gasteiger partial charge in [0.2, 0.25) is 0 Å². The molecule has 0 radical (unpaired) electrons. The van der Waals surface area contributed by atoms with Crippen LogP contribution in [-0.4, -0.2) is 45.6 Å². The van der Waals surface area contributed by atoms with Gasteiger partial charge in [-0.2, -0.15) is 0 Å². The first-order valence-corrected chi connectivity index (χ1v) is 12.7. The highest BCUT2D eigenvalue weighted by atomic mass is 28.4. The van der Waals surface area contributed by atoms with E-state index in [9.17, 15) is 5.11 Å². The van der Waals surface area contributed by atoms with Gasteiger partial charge in [-0.3, -0.25) is 0 Å². The fraction of sp³-hybridized carbons (Fsp3) is 0.520. The Balaban J connectivity index is 2.03. The first-order valence-electron chi connectivity index (χ1n) is 10.8. The van der Waals surface area contributed by atoms with Crippen LogP contribution in [0.1, 0.15) is 41.0 Å². The van der Waals surface area contributed by atoms with Crippen LogP contribution in [0.25, 0.3) is 0 Å². The number of aliphatic hydroxyl groups is 1. The molecular weight excluding hydrogens is 392 g/mol. The molecule has 0 aliphatic carbocycles. The molecule has 0 unspecified atom stereocenters. The summed E-state index contributed by atoms with van der Waals surface area (Å²) < 4.78 is 19.1. The molecular formula is C25H36O4Si. The molecule has 0 aromatic heterocycles. The summed E-state index contributed by atoms with van der Waals surface area (Å²) in [4.78, 5) is 0. The molecule has 3 rings (SSSR count). The lowest BCUT2D eigenvalue weighted by molar-refractivity contribution is -0.291. The lowest BCUT2D eigenvalue weighted by Gasteiger charge is -2.48. The third-order valence-corrected chi connectivity index (χ3v) is 11.1. The lowest BCUT2D eigenvalue weighted by Crippen LogP contribution is -2.67. The van der Waals surface area contributed by atoms with Gasteiger partial charge in [0, 0.05) is 18.6 Å². The lowest BCUT2D eigenvalue weighted by atomic mass is 9.86. The van der Waals surface area contributed by atoms with Crippen LogP contribution in [-0.2, 0) is 13.9 Å². The summed E-state index contributed by atoms with van der Waals surface area (Å²) in [5, 5.41) is 12.2. The van der Waals surface area contributed by atoms with Crippen LogP contribution in [0.2, 0.25) is 5.04 Å². The Bertz CT molecular complexity index is 749. The highest BCUT2D eigenvalue weighted by Crippen LogP contribution is 2.40. The maximum Gasteiger partial charge on any atom is 0.261 e. The van der Waals surface area contributed by atoms with Crippen molar-refractivity contribution in [2.75, 3.05) is 26.4 Å². The Labute approximate surface area is 182 Å². The van der Waals surface area contributed by atoms with Gasteiger partial charge in [-0.25, -0.2) is 0 Å². The average Bonchev–Trinajstić information content (AvgIpc) is 2.72. The maximum atomic E-state index is 9.78. The van der Waals surface area contributed by atoms with Crippen LogP contribution < -0.4 is 10.4 Å². The van der Waals surface area contributed by atoms with E-state index in [4.69, 9.17) is 13.9 Å². The van der Waals surface area contributed by atoms with Crippen molar-refractivity contribution >= 4 is 18.7 Å². The first kappa shape index (κ1) is 23.2. The van der Waals surface area contributed by atoms with Crippen LogP contribution >= 0.6 is 0 Å². The molecule has 1 fully saturated rings. The summed E-state index contributed by atoms with van der Waals surface area (Å²) in [7, 11) is -2.64. The van der Waals surface area contributed by atoms with Gasteiger partial charge in [-0.05, 0) is 35.7 Å². The molecule has 0 saturated carbocycles. The van der Waals surface area contributed by atoms with Crippen LogP contribution in [0.4, 0.5) is 0 Å². The molecule has 4 nitrogen and oxygen atoms in total. The van der Waals surface area contributed by atoms with Gasteiger partial charge in [-0.1, -0.05) is 81.4 Å². The highest BCUT2D eigenvalue weighted by Gasteiger charge is 2.52. The van der Waals surface area contributed by atoms with Crippen molar-refractivity contribution in [1.29, 1.82) is 0 Å². The molecule has 1 N–H and O–H groups in total. The number of rotatable bonds is 7. The van der Waals surface area contributed by atoms with E-state index in [1.165, 1.54) is 10.4 Å². The summed E-state index contributed by atoms with van der Waals surface area (Å²) >= 11 is 0. The van der Waals surface area contributed by atoms with Gasteiger partial charge in [0.15, 0.2) is 5.79 Å². The molecule has 0 spiro atoms. The van der Waals surface area contributed by atoms with Crippen molar-refractivity contribution in [3.05, 3.63) is 60.7 Å². The molecule has 164 valence electrons. The Kier molecular flexibility index (Phi) is 6.90. The second-order valence-corrected chi connectivity index (χ2v) is 14.2. The SMILES string of the molecule is CC1(C)OCC(CCO)(CO[Si](c2ccccc2)(c2ccccc2)C(C)(C)C)CO1. The van der Waals surface area contributed by atoms with Gasteiger partial charge in [0.25, 0.3) is 8.32 Å². The van der Waals surface area contributed by atoms with Crippen molar-refractivity contribution < 1.29 is 19.0 Å². The second kappa shape index (κ2) is 8.93. The number of hydrogen-bond acceptors (Lipinski definition) is 4. The van der Waals surface area contributed by atoms with Gasteiger partial charge < -0.3 is 19.0 Å². The number of benzene rings is 2. The monoisotopic (exact) mass is 428 g/mol. The topological polar surface area (TPSA) is 47.9 Å². The summed E-state index contributed by atoms with van der Waals surface area (Å²) in [6.45, 7) is 12.3. The number of ether oxygens (including phenoxy) is 2. The maximum absolute atomic E-state index is 9.78. The predicted molar refractivity (Wildman–Crippen MR) is 124 cm³/mol. The standard InChI is InChI=1S/C25H36O4Si/c1-23(2,3)30(21-12-8-6-9-13-21,22-14-10-7-11-15-22)29-20-25(16-17-26)18-27-24(4,5)28-19-25/h6-15,26H,16-20H2,1-5H3. The number of hydrogen-bond donors (Lipinski definition) is 1. The quantitative estimate of drug-likeness (QED) is 0.683. The molecule has 5 heteroatoms. The fourth-order valence-electron chi connectivity index (χ4n) is 4.30. The van der Waals surface area contributed by atoms with Crippen LogP contribution in [0.5, 0.6) is 0 Å². The molecule has 0 atom stereocenters. The van der Waals surface area contributed by atoms with Crippen molar-refractivity contribution in [2.24, 2.45) is 5.41 Å².